The SMILES string of the molecule is Cl.NCCC(=O)NC1COc2ccccc21. The summed E-state index contributed by atoms with van der Waals surface area (Å²) in [6.07, 6.45) is 0.360. The summed E-state index contributed by atoms with van der Waals surface area (Å²) < 4.78 is 5.44. The highest BCUT2D eigenvalue weighted by molar-refractivity contribution is 5.85. The van der Waals surface area contributed by atoms with E-state index >= 15 is 0 Å². The van der Waals surface area contributed by atoms with E-state index in [4.69, 9.17) is 10.5 Å². The van der Waals surface area contributed by atoms with Crippen LogP contribution in [0.2, 0.25) is 0 Å². The highest BCUT2D eigenvalue weighted by atomic mass is 35.5. The summed E-state index contributed by atoms with van der Waals surface area (Å²) in [4.78, 5) is 11.4. The fourth-order valence-electron chi connectivity index (χ4n) is 1.68. The molecule has 16 heavy (non-hydrogen) atoms. The second-order valence-electron chi connectivity index (χ2n) is 3.51. The maximum Gasteiger partial charge on any atom is 0.221 e. The lowest BCUT2D eigenvalue weighted by atomic mass is 10.1. The van der Waals surface area contributed by atoms with Crippen molar-refractivity contribution < 1.29 is 9.53 Å². The van der Waals surface area contributed by atoms with E-state index < -0.39 is 0 Å². The van der Waals surface area contributed by atoms with E-state index in [0.717, 1.165) is 11.3 Å². The minimum absolute atomic E-state index is 0. The zero-order chi connectivity index (χ0) is 10.7. The number of halogens is 1. The lowest BCUT2D eigenvalue weighted by molar-refractivity contribution is -0.121. The van der Waals surface area contributed by atoms with Gasteiger partial charge in [0.2, 0.25) is 5.91 Å². The van der Waals surface area contributed by atoms with Gasteiger partial charge in [-0.2, -0.15) is 0 Å². The Hall–Kier alpha value is -1.26. The normalized spacial score (nSPS) is 16.9. The molecule has 0 radical (unpaired) electrons. The lowest BCUT2D eigenvalue weighted by Gasteiger charge is -2.10. The van der Waals surface area contributed by atoms with Crippen LogP contribution in [0.5, 0.6) is 5.75 Å². The minimum atomic E-state index is -0.0275. The Balaban J connectivity index is 0.00000128. The Bertz CT molecular complexity index is 371. The first-order valence-corrected chi connectivity index (χ1v) is 5.02. The van der Waals surface area contributed by atoms with Gasteiger partial charge in [-0.3, -0.25) is 4.79 Å². The van der Waals surface area contributed by atoms with Crippen molar-refractivity contribution in [1.82, 2.24) is 5.32 Å². The number of hydrogen-bond acceptors (Lipinski definition) is 3. The minimum Gasteiger partial charge on any atom is -0.491 e. The maximum atomic E-state index is 11.4. The molecule has 1 aliphatic heterocycles. The average Bonchev–Trinajstić information content (AvgIpc) is 2.62. The number of carbonyl (C=O) groups is 1. The number of carbonyl (C=O) groups excluding carboxylic acids is 1. The Kier molecular flexibility index (Phi) is 4.58. The van der Waals surface area contributed by atoms with Gasteiger partial charge in [-0.15, -0.1) is 12.4 Å². The van der Waals surface area contributed by atoms with E-state index in [-0.39, 0.29) is 24.4 Å². The van der Waals surface area contributed by atoms with Crippen molar-refractivity contribution in [3.8, 4) is 5.75 Å². The molecule has 88 valence electrons. The molecule has 0 aromatic heterocycles. The second-order valence-corrected chi connectivity index (χ2v) is 3.51. The zero-order valence-electron chi connectivity index (χ0n) is 8.81. The van der Waals surface area contributed by atoms with E-state index in [1.165, 1.54) is 0 Å². The van der Waals surface area contributed by atoms with E-state index in [0.29, 0.717) is 19.6 Å². The number of rotatable bonds is 3. The average molecular weight is 243 g/mol. The lowest BCUT2D eigenvalue weighted by Crippen LogP contribution is -2.30. The summed E-state index contributed by atoms with van der Waals surface area (Å²) in [5, 5.41) is 2.89. The first-order valence-electron chi connectivity index (χ1n) is 5.02. The Morgan fingerprint density at radius 1 is 1.50 bits per heavy atom. The summed E-state index contributed by atoms with van der Waals surface area (Å²) in [6, 6.07) is 7.71. The van der Waals surface area contributed by atoms with E-state index in [9.17, 15) is 4.79 Å². The second kappa shape index (κ2) is 5.72. The molecule has 1 aromatic rings. The third-order valence-corrected chi connectivity index (χ3v) is 2.41. The molecule has 1 aliphatic rings. The molecule has 3 N–H and O–H groups in total. The summed E-state index contributed by atoms with van der Waals surface area (Å²) in [5.41, 5.74) is 6.35. The highest BCUT2D eigenvalue weighted by Crippen LogP contribution is 2.31. The van der Waals surface area contributed by atoms with E-state index in [1.54, 1.807) is 0 Å². The van der Waals surface area contributed by atoms with Crippen LogP contribution in [0.1, 0.15) is 18.0 Å². The van der Waals surface area contributed by atoms with Gasteiger partial charge in [0.15, 0.2) is 0 Å². The molecule has 1 aromatic carbocycles. The van der Waals surface area contributed by atoms with Crippen molar-refractivity contribution >= 4 is 18.3 Å². The predicted molar refractivity (Wildman–Crippen MR) is 63.7 cm³/mol. The molecule has 0 spiro atoms. The third kappa shape index (κ3) is 2.65. The molecule has 4 nitrogen and oxygen atoms in total. The monoisotopic (exact) mass is 242 g/mol. The molecule has 5 heteroatoms. The Labute approximate surface area is 101 Å². The van der Waals surface area contributed by atoms with Crippen molar-refractivity contribution in [3.05, 3.63) is 29.8 Å². The van der Waals surface area contributed by atoms with Crippen LogP contribution < -0.4 is 15.8 Å². The van der Waals surface area contributed by atoms with E-state index in [2.05, 4.69) is 5.32 Å². The van der Waals surface area contributed by atoms with Gasteiger partial charge in [-0.1, -0.05) is 18.2 Å². The van der Waals surface area contributed by atoms with Gasteiger partial charge in [0.05, 0.1) is 6.04 Å². The van der Waals surface area contributed by atoms with Crippen LogP contribution in [0.25, 0.3) is 0 Å². The number of benzene rings is 1. The van der Waals surface area contributed by atoms with Crippen LogP contribution in [-0.4, -0.2) is 19.1 Å². The van der Waals surface area contributed by atoms with Gasteiger partial charge in [-0.25, -0.2) is 0 Å². The molecule has 0 bridgehead atoms. The van der Waals surface area contributed by atoms with Crippen molar-refractivity contribution in [2.24, 2.45) is 5.73 Å². The molecular formula is C11H15ClN2O2. The van der Waals surface area contributed by atoms with Crippen LogP contribution in [-0.2, 0) is 4.79 Å². The van der Waals surface area contributed by atoms with E-state index in [1.807, 2.05) is 24.3 Å². The van der Waals surface area contributed by atoms with Crippen molar-refractivity contribution in [3.63, 3.8) is 0 Å². The van der Waals surface area contributed by atoms with Gasteiger partial charge < -0.3 is 15.8 Å². The molecular weight excluding hydrogens is 228 g/mol. The number of amides is 1. The van der Waals surface area contributed by atoms with Gasteiger partial charge in [0.1, 0.15) is 12.4 Å². The molecule has 1 heterocycles. The largest absolute Gasteiger partial charge is 0.491 e. The maximum absolute atomic E-state index is 11.4. The molecule has 0 aliphatic carbocycles. The van der Waals surface area contributed by atoms with Crippen molar-refractivity contribution in [2.75, 3.05) is 13.2 Å². The van der Waals surface area contributed by atoms with Gasteiger partial charge in [0, 0.05) is 18.5 Å². The van der Waals surface area contributed by atoms with Gasteiger partial charge >= 0.3 is 0 Å². The fraction of sp³-hybridized carbons (Fsp3) is 0.364. The molecule has 1 atom stereocenters. The summed E-state index contributed by atoms with van der Waals surface area (Å²) in [7, 11) is 0. The standard InChI is InChI=1S/C11H14N2O2.ClH/c12-6-5-11(14)13-9-7-15-10-4-2-1-3-8(9)10;/h1-4,9H,5-7,12H2,(H,13,14);1H. The predicted octanol–water partition coefficient (Wildman–Crippen LogP) is 1.01. The zero-order valence-corrected chi connectivity index (χ0v) is 9.63. The molecule has 1 unspecified atom stereocenters. The number of nitrogens with one attached hydrogen (secondary N) is 1. The third-order valence-electron chi connectivity index (χ3n) is 2.41. The summed E-state index contributed by atoms with van der Waals surface area (Å²) >= 11 is 0. The Morgan fingerprint density at radius 3 is 3.00 bits per heavy atom. The summed E-state index contributed by atoms with van der Waals surface area (Å²) in [6.45, 7) is 0.886. The number of para-hydroxylation sites is 1. The van der Waals surface area contributed by atoms with Crippen LogP contribution in [0.3, 0.4) is 0 Å². The molecule has 1 amide bonds. The molecule has 0 fully saturated rings. The molecule has 2 rings (SSSR count). The quantitative estimate of drug-likeness (QED) is 0.832. The van der Waals surface area contributed by atoms with Crippen LogP contribution >= 0.6 is 12.4 Å². The first kappa shape index (κ1) is 12.8. The number of fused-ring (bicyclic) bond motifs is 1. The van der Waals surface area contributed by atoms with Crippen LogP contribution in [0, 0.1) is 0 Å². The number of hydrogen-bond donors (Lipinski definition) is 2. The van der Waals surface area contributed by atoms with Crippen LogP contribution in [0.4, 0.5) is 0 Å². The smallest absolute Gasteiger partial charge is 0.221 e. The van der Waals surface area contributed by atoms with Crippen molar-refractivity contribution in [2.45, 2.75) is 12.5 Å². The van der Waals surface area contributed by atoms with Crippen LogP contribution in [0.15, 0.2) is 24.3 Å². The highest BCUT2D eigenvalue weighted by Gasteiger charge is 2.24. The fourth-order valence-corrected chi connectivity index (χ4v) is 1.68. The Morgan fingerprint density at radius 2 is 2.25 bits per heavy atom. The van der Waals surface area contributed by atoms with Gasteiger partial charge in [-0.05, 0) is 6.07 Å². The molecule has 0 saturated heterocycles. The number of ether oxygens (including phenoxy) is 1. The topological polar surface area (TPSA) is 64.4 Å². The molecule has 0 saturated carbocycles. The van der Waals surface area contributed by atoms with Crippen molar-refractivity contribution in [1.29, 1.82) is 0 Å². The van der Waals surface area contributed by atoms with Gasteiger partial charge in [0.25, 0.3) is 0 Å². The first-order chi connectivity index (χ1) is 7.31. The summed E-state index contributed by atoms with van der Waals surface area (Å²) in [5.74, 6) is 0.832. The number of nitrogens with two attached hydrogens (primary N) is 1.